The van der Waals surface area contributed by atoms with Crippen molar-refractivity contribution in [2.75, 3.05) is 24.6 Å². The van der Waals surface area contributed by atoms with Crippen LogP contribution >= 0.6 is 11.8 Å². The van der Waals surface area contributed by atoms with E-state index in [9.17, 15) is 14.7 Å². The number of amides is 3. The minimum absolute atomic E-state index is 0.0720. The molecule has 0 radical (unpaired) electrons. The monoisotopic (exact) mass is 655 g/mol. The van der Waals surface area contributed by atoms with E-state index in [1.807, 2.05) is 126 Å². The van der Waals surface area contributed by atoms with Gasteiger partial charge < -0.3 is 19.8 Å². The molecule has 4 aliphatic heterocycles. The van der Waals surface area contributed by atoms with Crippen LogP contribution in [-0.4, -0.2) is 74.4 Å². The number of likely N-dealkylation sites (tertiary alicyclic amines) is 1. The van der Waals surface area contributed by atoms with E-state index in [-0.39, 0.29) is 29.6 Å². The Morgan fingerprint density at radius 2 is 1.48 bits per heavy atom. The third-order valence-electron chi connectivity index (χ3n) is 10.4. The zero-order valence-electron chi connectivity index (χ0n) is 26.5. The van der Waals surface area contributed by atoms with E-state index in [2.05, 4.69) is 6.08 Å². The second-order valence-corrected chi connectivity index (χ2v) is 14.6. The molecule has 0 bridgehead atoms. The quantitative estimate of drug-likeness (QED) is 0.276. The summed E-state index contributed by atoms with van der Waals surface area (Å²) in [6.07, 6.45) is 8.52. The van der Waals surface area contributed by atoms with Gasteiger partial charge in [0.05, 0.1) is 29.2 Å². The van der Waals surface area contributed by atoms with E-state index in [0.29, 0.717) is 26.1 Å². The number of carbonyl (C=O) groups excluding carboxylic acids is 3. The standard InChI is InChI=1S/C40H37N3O4S/c44-26-32(23-27-11-3-1-4-12-27)43-36-39(47)42(31-19-18-29-15-7-8-16-30(29)24-31)22-10-20-40(36)35(38(43)46)34-33(48-40)17-9-21-41(37(34)45)25-28-13-5-2-6-14-28/h1-20,24,32-36,44H,21-23,25-26H2/t32-,33-,34+,35+,36?,40+/m1/s1. The van der Waals surface area contributed by atoms with Crippen LogP contribution in [0.4, 0.5) is 5.69 Å². The number of thioether (sulfide) groups is 1. The van der Waals surface area contributed by atoms with E-state index in [0.717, 1.165) is 27.6 Å². The van der Waals surface area contributed by atoms with Crippen LogP contribution in [0.25, 0.3) is 10.8 Å². The minimum Gasteiger partial charge on any atom is -0.394 e. The zero-order chi connectivity index (χ0) is 32.8. The van der Waals surface area contributed by atoms with Crippen molar-refractivity contribution in [3.8, 4) is 0 Å². The highest BCUT2D eigenvalue weighted by Crippen LogP contribution is 2.61. The molecular formula is C40H37N3O4S. The SMILES string of the molecule is O=C1[C@@H]2[C@H]3C(=O)N([C@@H](CO)Cc4ccccc4)C4C(=O)N(c5ccc6ccccc6c5)CC=C[C@@]43S[C@@H]2C=CCN1Cc1ccccc1. The van der Waals surface area contributed by atoms with E-state index in [4.69, 9.17) is 0 Å². The van der Waals surface area contributed by atoms with Crippen LogP contribution in [-0.2, 0) is 27.3 Å². The number of aliphatic hydroxyl groups excluding tert-OH is 1. The smallest absolute Gasteiger partial charge is 0.251 e. The number of fused-ring (bicyclic) bond motifs is 3. The Bertz CT molecular complexity index is 1930. The molecule has 2 fully saturated rings. The van der Waals surface area contributed by atoms with Gasteiger partial charge in [0.2, 0.25) is 11.8 Å². The first kappa shape index (κ1) is 30.7. The molecule has 8 rings (SSSR count). The summed E-state index contributed by atoms with van der Waals surface area (Å²) in [6.45, 7) is 0.934. The van der Waals surface area contributed by atoms with E-state index in [1.165, 1.54) is 0 Å². The van der Waals surface area contributed by atoms with Gasteiger partial charge in [-0.2, -0.15) is 0 Å². The van der Waals surface area contributed by atoms with E-state index in [1.54, 1.807) is 21.6 Å². The molecule has 4 aromatic carbocycles. The van der Waals surface area contributed by atoms with E-state index >= 15 is 4.79 Å². The van der Waals surface area contributed by atoms with Gasteiger partial charge in [-0.1, -0.05) is 115 Å². The van der Waals surface area contributed by atoms with Gasteiger partial charge in [-0.05, 0) is 40.5 Å². The summed E-state index contributed by atoms with van der Waals surface area (Å²) in [5.41, 5.74) is 2.74. The van der Waals surface area contributed by atoms with Gasteiger partial charge in [0.1, 0.15) is 6.04 Å². The maximum absolute atomic E-state index is 15.1. The first-order valence-electron chi connectivity index (χ1n) is 16.6. The molecule has 8 heteroatoms. The van der Waals surface area contributed by atoms with Crippen LogP contribution in [0, 0.1) is 11.8 Å². The lowest BCUT2D eigenvalue weighted by Gasteiger charge is -2.38. The highest BCUT2D eigenvalue weighted by atomic mass is 32.2. The number of benzene rings is 4. The molecule has 0 aromatic heterocycles. The van der Waals surface area contributed by atoms with Gasteiger partial charge >= 0.3 is 0 Å². The molecule has 6 atom stereocenters. The van der Waals surface area contributed by atoms with Crippen LogP contribution in [0.3, 0.4) is 0 Å². The Hall–Kier alpha value is -4.66. The molecule has 242 valence electrons. The Morgan fingerprint density at radius 3 is 2.23 bits per heavy atom. The Morgan fingerprint density at radius 1 is 0.771 bits per heavy atom. The third-order valence-corrected chi connectivity index (χ3v) is 12.1. The van der Waals surface area contributed by atoms with Crippen LogP contribution in [0.1, 0.15) is 11.1 Å². The molecule has 1 spiro atoms. The van der Waals surface area contributed by atoms with Crippen molar-refractivity contribution in [2.45, 2.75) is 35.0 Å². The van der Waals surface area contributed by atoms with Gasteiger partial charge in [0.25, 0.3) is 5.91 Å². The summed E-state index contributed by atoms with van der Waals surface area (Å²) in [7, 11) is 0. The maximum Gasteiger partial charge on any atom is 0.251 e. The Labute approximate surface area is 284 Å². The average molecular weight is 656 g/mol. The predicted octanol–water partition coefficient (Wildman–Crippen LogP) is 5.24. The highest BCUT2D eigenvalue weighted by Gasteiger charge is 2.71. The fraction of sp³-hybridized carbons (Fsp3) is 0.275. The average Bonchev–Trinajstić information content (AvgIpc) is 3.44. The third kappa shape index (κ3) is 5.06. The van der Waals surface area contributed by atoms with Gasteiger partial charge in [0, 0.05) is 30.6 Å². The Kier molecular flexibility index (Phi) is 7.93. The number of anilines is 1. The van der Waals surface area contributed by atoms with Crippen molar-refractivity contribution in [1.29, 1.82) is 0 Å². The molecule has 4 aliphatic rings. The number of aliphatic hydroxyl groups is 1. The second kappa shape index (κ2) is 12.4. The summed E-state index contributed by atoms with van der Waals surface area (Å²) in [4.78, 5) is 49.8. The molecule has 4 heterocycles. The molecule has 7 nitrogen and oxygen atoms in total. The van der Waals surface area contributed by atoms with Crippen molar-refractivity contribution in [3.05, 3.63) is 139 Å². The lowest BCUT2D eigenvalue weighted by molar-refractivity contribution is -0.144. The first-order chi connectivity index (χ1) is 23.5. The van der Waals surface area contributed by atoms with Crippen LogP contribution in [0.2, 0.25) is 0 Å². The normalized spacial score (nSPS) is 27.1. The van der Waals surface area contributed by atoms with Crippen LogP contribution in [0.15, 0.2) is 127 Å². The maximum atomic E-state index is 15.1. The van der Waals surface area contributed by atoms with Crippen LogP contribution in [0.5, 0.6) is 0 Å². The molecule has 4 aromatic rings. The summed E-state index contributed by atoms with van der Waals surface area (Å²) in [5.74, 6) is -1.90. The number of carbonyl (C=O) groups is 3. The highest BCUT2D eigenvalue weighted by molar-refractivity contribution is 8.02. The number of nitrogens with zero attached hydrogens (tertiary/aromatic N) is 3. The molecule has 1 unspecified atom stereocenters. The molecular weight excluding hydrogens is 619 g/mol. The Balaban J connectivity index is 1.22. The summed E-state index contributed by atoms with van der Waals surface area (Å²) >= 11 is 1.57. The van der Waals surface area contributed by atoms with Crippen molar-refractivity contribution in [2.24, 2.45) is 11.8 Å². The topological polar surface area (TPSA) is 81.2 Å². The molecule has 3 amide bonds. The summed E-state index contributed by atoms with van der Waals surface area (Å²) in [6, 6.07) is 32.1. The van der Waals surface area contributed by atoms with Crippen molar-refractivity contribution < 1.29 is 19.5 Å². The summed E-state index contributed by atoms with van der Waals surface area (Å²) < 4.78 is -0.977. The van der Waals surface area contributed by atoms with E-state index < -0.39 is 28.7 Å². The molecule has 0 aliphatic carbocycles. The van der Waals surface area contributed by atoms with Crippen molar-refractivity contribution >= 4 is 45.9 Å². The van der Waals surface area contributed by atoms with Gasteiger partial charge in [-0.3, -0.25) is 14.4 Å². The van der Waals surface area contributed by atoms with Gasteiger partial charge in [-0.15, -0.1) is 11.8 Å². The van der Waals surface area contributed by atoms with Gasteiger partial charge in [0.15, 0.2) is 0 Å². The number of hydrogen-bond acceptors (Lipinski definition) is 5. The number of rotatable bonds is 7. The largest absolute Gasteiger partial charge is 0.394 e. The lowest BCUT2D eigenvalue weighted by Crippen LogP contribution is -2.57. The van der Waals surface area contributed by atoms with Crippen LogP contribution < -0.4 is 4.90 Å². The molecule has 2 saturated heterocycles. The van der Waals surface area contributed by atoms with Gasteiger partial charge in [-0.25, -0.2) is 0 Å². The molecule has 0 saturated carbocycles. The molecule has 1 N–H and O–H groups in total. The second-order valence-electron chi connectivity index (χ2n) is 13.1. The lowest BCUT2D eigenvalue weighted by atomic mass is 9.78. The fourth-order valence-electron chi connectivity index (χ4n) is 8.18. The summed E-state index contributed by atoms with van der Waals surface area (Å²) in [5, 5.41) is 12.7. The molecule has 48 heavy (non-hydrogen) atoms. The zero-order valence-corrected chi connectivity index (χ0v) is 27.3. The first-order valence-corrected chi connectivity index (χ1v) is 17.5. The fourth-order valence-corrected chi connectivity index (χ4v) is 10.2. The van der Waals surface area contributed by atoms with Crippen molar-refractivity contribution in [1.82, 2.24) is 9.80 Å². The minimum atomic E-state index is -0.977. The number of hydrogen-bond donors (Lipinski definition) is 1. The predicted molar refractivity (Wildman–Crippen MR) is 189 cm³/mol. The van der Waals surface area contributed by atoms with Crippen molar-refractivity contribution in [3.63, 3.8) is 0 Å².